The molecule has 0 fully saturated rings. The van der Waals surface area contributed by atoms with Crippen LogP contribution in [0.5, 0.6) is 0 Å². The summed E-state index contributed by atoms with van der Waals surface area (Å²) in [6.45, 7) is 5.79. The van der Waals surface area contributed by atoms with E-state index in [1.54, 1.807) is 0 Å². The molecule has 2 heteroatoms. The Morgan fingerprint density at radius 1 is 1.27 bits per heavy atom. The van der Waals surface area contributed by atoms with E-state index in [9.17, 15) is 4.79 Å². The first-order valence-corrected chi connectivity index (χ1v) is 5.19. The highest BCUT2D eigenvalue weighted by Crippen LogP contribution is 2.29. The van der Waals surface area contributed by atoms with Gasteiger partial charge in [-0.05, 0) is 11.6 Å². The highest BCUT2D eigenvalue weighted by molar-refractivity contribution is 6.43. The van der Waals surface area contributed by atoms with E-state index in [2.05, 4.69) is 4.99 Å². The van der Waals surface area contributed by atoms with Crippen LogP contribution in [-0.2, 0) is 11.2 Å². The highest BCUT2D eigenvalue weighted by Gasteiger charge is 2.29. The molecular formula is C13H15NO. The van der Waals surface area contributed by atoms with E-state index in [0.29, 0.717) is 12.1 Å². The molecule has 0 saturated carbocycles. The second kappa shape index (κ2) is 3.30. The largest absolute Gasteiger partial charge is 0.292 e. The van der Waals surface area contributed by atoms with E-state index < -0.39 is 0 Å². The number of carbonyl (C=O) groups excluding carboxylic acids is 1. The Labute approximate surface area is 90.0 Å². The first-order valence-electron chi connectivity index (χ1n) is 5.19. The number of hydrogen-bond donors (Lipinski definition) is 0. The monoisotopic (exact) mass is 201 g/mol. The topological polar surface area (TPSA) is 29.4 Å². The van der Waals surface area contributed by atoms with Crippen molar-refractivity contribution in [1.82, 2.24) is 0 Å². The van der Waals surface area contributed by atoms with Crippen molar-refractivity contribution >= 4 is 17.2 Å². The van der Waals surface area contributed by atoms with Crippen molar-refractivity contribution in [2.24, 2.45) is 10.4 Å². The van der Waals surface area contributed by atoms with Crippen molar-refractivity contribution < 1.29 is 4.79 Å². The number of nitrogens with zero attached hydrogens (tertiary/aromatic N) is 1. The van der Waals surface area contributed by atoms with Crippen LogP contribution in [0.2, 0.25) is 0 Å². The summed E-state index contributed by atoms with van der Waals surface area (Å²) in [5.74, 6) is 0.152. The van der Waals surface area contributed by atoms with E-state index in [1.807, 2.05) is 45.0 Å². The highest BCUT2D eigenvalue weighted by atomic mass is 16.1. The van der Waals surface area contributed by atoms with Gasteiger partial charge in [0.1, 0.15) is 0 Å². The number of para-hydroxylation sites is 1. The molecule has 2 rings (SSSR count). The lowest BCUT2D eigenvalue weighted by molar-refractivity contribution is -0.119. The van der Waals surface area contributed by atoms with E-state index >= 15 is 0 Å². The molecule has 0 bridgehead atoms. The number of Topliss-reactive ketones (excluding diaryl/α,β-unsaturated/α-hetero) is 1. The molecule has 1 aliphatic rings. The molecule has 0 aromatic heterocycles. The van der Waals surface area contributed by atoms with Gasteiger partial charge in [0.15, 0.2) is 5.78 Å². The lowest BCUT2D eigenvalue weighted by Crippen LogP contribution is -2.28. The Bertz CT molecular complexity index is 438. The van der Waals surface area contributed by atoms with E-state index in [4.69, 9.17) is 0 Å². The molecule has 2 nitrogen and oxygen atoms in total. The van der Waals surface area contributed by atoms with Gasteiger partial charge >= 0.3 is 0 Å². The van der Waals surface area contributed by atoms with Gasteiger partial charge in [-0.25, -0.2) is 4.99 Å². The Morgan fingerprint density at radius 2 is 1.93 bits per heavy atom. The summed E-state index contributed by atoms with van der Waals surface area (Å²) in [5, 5.41) is 0. The molecule has 0 aliphatic carbocycles. The average Bonchev–Trinajstić information content (AvgIpc) is 2.58. The molecule has 0 spiro atoms. The number of rotatable bonds is 1. The predicted octanol–water partition coefficient (Wildman–Crippen LogP) is 2.93. The molecule has 0 N–H and O–H groups in total. The fourth-order valence-electron chi connectivity index (χ4n) is 1.70. The maximum atomic E-state index is 12.0. The van der Waals surface area contributed by atoms with Gasteiger partial charge in [-0.15, -0.1) is 0 Å². The lowest BCUT2D eigenvalue weighted by Gasteiger charge is -2.15. The molecule has 1 aromatic carbocycles. The van der Waals surface area contributed by atoms with Crippen LogP contribution in [0.15, 0.2) is 29.3 Å². The molecular weight excluding hydrogens is 186 g/mol. The van der Waals surface area contributed by atoms with Gasteiger partial charge < -0.3 is 0 Å². The van der Waals surface area contributed by atoms with E-state index in [-0.39, 0.29) is 11.2 Å². The average molecular weight is 201 g/mol. The van der Waals surface area contributed by atoms with Crippen molar-refractivity contribution in [3.63, 3.8) is 0 Å². The molecule has 1 heterocycles. The Balaban J connectivity index is 2.29. The number of ketones is 1. The molecule has 1 aliphatic heterocycles. The van der Waals surface area contributed by atoms with Crippen molar-refractivity contribution in [3.8, 4) is 0 Å². The zero-order valence-electron chi connectivity index (χ0n) is 9.37. The van der Waals surface area contributed by atoms with Gasteiger partial charge in [-0.3, -0.25) is 4.79 Å². The summed E-state index contributed by atoms with van der Waals surface area (Å²) < 4.78 is 0. The second-order valence-electron chi connectivity index (χ2n) is 4.94. The molecule has 0 unspecified atom stereocenters. The summed E-state index contributed by atoms with van der Waals surface area (Å²) in [7, 11) is 0. The van der Waals surface area contributed by atoms with Gasteiger partial charge in [0, 0.05) is 11.8 Å². The second-order valence-corrected chi connectivity index (χ2v) is 4.94. The summed E-state index contributed by atoms with van der Waals surface area (Å²) in [4.78, 5) is 16.4. The van der Waals surface area contributed by atoms with E-state index in [0.717, 1.165) is 11.3 Å². The van der Waals surface area contributed by atoms with Crippen molar-refractivity contribution in [2.45, 2.75) is 27.2 Å². The lowest BCUT2D eigenvalue weighted by atomic mass is 9.87. The zero-order chi connectivity index (χ0) is 11.1. The van der Waals surface area contributed by atoms with Crippen molar-refractivity contribution in [1.29, 1.82) is 0 Å². The van der Waals surface area contributed by atoms with Gasteiger partial charge in [0.25, 0.3) is 0 Å². The minimum Gasteiger partial charge on any atom is -0.292 e. The van der Waals surface area contributed by atoms with Crippen LogP contribution in [0.25, 0.3) is 0 Å². The Hall–Kier alpha value is -1.44. The van der Waals surface area contributed by atoms with Crippen LogP contribution in [0.3, 0.4) is 0 Å². The SMILES string of the molecule is CC(C)(C)C(=O)C1=Nc2ccccc2C1. The number of fused-ring (bicyclic) bond motifs is 1. The molecule has 0 saturated heterocycles. The number of hydrogen-bond acceptors (Lipinski definition) is 2. The number of carbonyl (C=O) groups is 1. The van der Waals surface area contributed by atoms with Crippen LogP contribution in [0, 0.1) is 5.41 Å². The first kappa shape index (κ1) is 10.1. The molecule has 78 valence electrons. The summed E-state index contributed by atoms with van der Waals surface area (Å²) >= 11 is 0. The minimum absolute atomic E-state index is 0.152. The molecule has 0 radical (unpaired) electrons. The van der Waals surface area contributed by atoms with Gasteiger partial charge in [0.05, 0.1) is 11.4 Å². The normalized spacial score (nSPS) is 14.7. The maximum absolute atomic E-state index is 12.0. The minimum atomic E-state index is -0.332. The van der Waals surface area contributed by atoms with Crippen LogP contribution < -0.4 is 0 Å². The fourth-order valence-corrected chi connectivity index (χ4v) is 1.70. The van der Waals surface area contributed by atoms with Crippen LogP contribution in [-0.4, -0.2) is 11.5 Å². The van der Waals surface area contributed by atoms with Crippen molar-refractivity contribution in [2.75, 3.05) is 0 Å². The molecule has 0 atom stereocenters. The van der Waals surface area contributed by atoms with Gasteiger partial charge in [0.2, 0.25) is 0 Å². The smallest absolute Gasteiger partial charge is 0.182 e. The molecule has 0 amide bonds. The molecule has 15 heavy (non-hydrogen) atoms. The fraction of sp³-hybridized carbons (Fsp3) is 0.385. The number of benzene rings is 1. The van der Waals surface area contributed by atoms with E-state index in [1.165, 1.54) is 0 Å². The van der Waals surface area contributed by atoms with Gasteiger partial charge in [-0.2, -0.15) is 0 Å². The van der Waals surface area contributed by atoms with Gasteiger partial charge in [-0.1, -0.05) is 39.0 Å². The third-order valence-corrected chi connectivity index (χ3v) is 2.55. The predicted molar refractivity (Wildman–Crippen MR) is 61.7 cm³/mol. The third-order valence-electron chi connectivity index (χ3n) is 2.55. The molecule has 1 aromatic rings. The zero-order valence-corrected chi connectivity index (χ0v) is 9.37. The van der Waals surface area contributed by atoms with Crippen LogP contribution in [0.1, 0.15) is 26.3 Å². The standard InChI is InChI=1S/C13H15NO/c1-13(2,3)12(15)11-8-9-6-4-5-7-10(9)14-11/h4-7H,8H2,1-3H3. The first-order chi connectivity index (χ1) is 6.98. The third kappa shape index (κ3) is 1.84. The Morgan fingerprint density at radius 3 is 2.53 bits per heavy atom. The summed E-state index contributed by atoms with van der Waals surface area (Å²) in [6, 6.07) is 7.92. The summed E-state index contributed by atoms with van der Waals surface area (Å²) in [5.41, 5.74) is 2.47. The van der Waals surface area contributed by atoms with Crippen molar-refractivity contribution in [3.05, 3.63) is 29.8 Å². The summed E-state index contributed by atoms with van der Waals surface area (Å²) in [6.07, 6.45) is 0.687. The van der Waals surface area contributed by atoms with Crippen LogP contribution in [0.4, 0.5) is 5.69 Å². The van der Waals surface area contributed by atoms with Crippen LogP contribution >= 0.6 is 0 Å². The number of aliphatic imine (C=N–C) groups is 1. The maximum Gasteiger partial charge on any atom is 0.182 e. The quantitative estimate of drug-likeness (QED) is 0.687. The Kier molecular flexibility index (Phi) is 2.22.